The van der Waals surface area contributed by atoms with E-state index in [1.807, 2.05) is 20.8 Å². The van der Waals surface area contributed by atoms with Gasteiger partial charge in [-0.25, -0.2) is 4.98 Å². The van der Waals surface area contributed by atoms with Gasteiger partial charge in [-0.05, 0) is 30.4 Å². The van der Waals surface area contributed by atoms with Gasteiger partial charge in [-0.15, -0.1) is 24.8 Å². The van der Waals surface area contributed by atoms with E-state index in [4.69, 9.17) is 17.3 Å². The van der Waals surface area contributed by atoms with Crippen LogP contribution in [0.1, 0.15) is 33.6 Å². The van der Waals surface area contributed by atoms with Crippen molar-refractivity contribution in [3.05, 3.63) is 23.4 Å². The molecule has 1 aliphatic rings. The Morgan fingerprint density at radius 2 is 1.85 bits per heavy atom. The molecule has 2 rings (SSSR count). The Bertz CT molecular complexity index is 597. The largest absolute Gasteiger partial charge is 0.341 e. The predicted molar refractivity (Wildman–Crippen MR) is 109 cm³/mol. The number of halogens is 3. The van der Waals surface area contributed by atoms with Crippen LogP contribution in [0, 0.1) is 11.3 Å². The summed E-state index contributed by atoms with van der Waals surface area (Å²) in [5.41, 5.74) is 5.77. The lowest BCUT2D eigenvalue weighted by Crippen LogP contribution is -2.53. The van der Waals surface area contributed by atoms with Gasteiger partial charge >= 0.3 is 0 Å². The molecule has 9 heteroatoms. The number of amides is 2. The van der Waals surface area contributed by atoms with E-state index in [0.29, 0.717) is 36.8 Å². The number of hydrogen-bond acceptors (Lipinski definition) is 4. The standard InChI is InChI=1S/C17H25ClN4O2.2ClH/c1-17(2,3)14(19)16(24)22-8-6-11(7-9-22)15(23)21-13-5-4-12(18)10-20-13;;/h4-5,10-11,14H,6-9,19H2,1-3H3,(H,20,21,23);2*1H/t14-;;/m1../s1. The molecule has 1 fully saturated rings. The smallest absolute Gasteiger partial charge is 0.240 e. The molecule has 1 saturated heterocycles. The topological polar surface area (TPSA) is 88.3 Å². The highest BCUT2D eigenvalue weighted by Gasteiger charge is 2.34. The Labute approximate surface area is 172 Å². The van der Waals surface area contributed by atoms with Crippen molar-refractivity contribution in [2.24, 2.45) is 17.1 Å². The Hall–Kier alpha value is -1.08. The highest BCUT2D eigenvalue weighted by molar-refractivity contribution is 6.30. The van der Waals surface area contributed by atoms with Crippen LogP contribution in [0.3, 0.4) is 0 Å². The summed E-state index contributed by atoms with van der Waals surface area (Å²) in [7, 11) is 0. The van der Waals surface area contributed by atoms with Crippen LogP contribution in [-0.4, -0.2) is 40.8 Å². The van der Waals surface area contributed by atoms with Gasteiger partial charge < -0.3 is 16.0 Å². The van der Waals surface area contributed by atoms with Crippen LogP contribution in [0.2, 0.25) is 5.02 Å². The number of nitrogens with zero attached hydrogens (tertiary/aromatic N) is 2. The number of nitrogens with two attached hydrogens (primary N) is 1. The number of likely N-dealkylation sites (tertiary alicyclic amines) is 1. The average Bonchev–Trinajstić information content (AvgIpc) is 2.55. The maximum absolute atomic E-state index is 12.4. The van der Waals surface area contributed by atoms with E-state index in [-0.39, 0.29) is 48.0 Å². The third-order valence-electron chi connectivity index (χ3n) is 4.36. The molecule has 2 heterocycles. The Balaban J connectivity index is 0.00000312. The molecular weight excluding hydrogens is 399 g/mol. The van der Waals surface area contributed by atoms with Crippen LogP contribution in [0.4, 0.5) is 5.82 Å². The summed E-state index contributed by atoms with van der Waals surface area (Å²) in [5.74, 6) is 0.243. The molecule has 2 amide bonds. The zero-order chi connectivity index (χ0) is 17.9. The summed E-state index contributed by atoms with van der Waals surface area (Å²) in [6.07, 6.45) is 2.75. The van der Waals surface area contributed by atoms with Crippen molar-refractivity contribution in [1.29, 1.82) is 0 Å². The van der Waals surface area contributed by atoms with Gasteiger partial charge in [0.2, 0.25) is 11.8 Å². The third-order valence-corrected chi connectivity index (χ3v) is 4.58. The summed E-state index contributed by atoms with van der Waals surface area (Å²) >= 11 is 5.78. The second-order valence-electron chi connectivity index (χ2n) is 7.29. The monoisotopic (exact) mass is 424 g/mol. The number of nitrogens with one attached hydrogen (secondary N) is 1. The SMILES string of the molecule is CC(C)(C)[C@H](N)C(=O)N1CCC(C(=O)Nc2ccc(Cl)cn2)CC1.Cl.Cl. The van der Waals surface area contributed by atoms with E-state index in [2.05, 4.69) is 10.3 Å². The number of carbonyl (C=O) groups is 2. The normalized spacial score (nSPS) is 16.1. The summed E-state index contributed by atoms with van der Waals surface area (Å²) in [4.78, 5) is 30.6. The minimum Gasteiger partial charge on any atom is -0.341 e. The molecule has 1 aliphatic heterocycles. The number of pyridine rings is 1. The van der Waals surface area contributed by atoms with Crippen molar-refractivity contribution >= 4 is 54.0 Å². The summed E-state index contributed by atoms with van der Waals surface area (Å²) in [6.45, 7) is 6.96. The van der Waals surface area contributed by atoms with E-state index in [1.165, 1.54) is 6.20 Å². The Morgan fingerprint density at radius 3 is 2.31 bits per heavy atom. The quantitative estimate of drug-likeness (QED) is 0.778. The zero-order valence-corrected chi connectivity index (χ0v) is 17.6. The van der Waals surface area contributed by atoms with E-state index in [1.54, 1.807) is 17.0 Å². The van der Waals surface area contributed by atoms with E-state index in [9.17, 15) is 9.59 Å². The average molecular weight is 426 g/mol. The van der Waals surface area contributed by atoms with Crippen molar-refractivity contribution < 1.29 is 9.59 Å². The van der Waals surface area contributed by atoms with Gasteiger partial charge in [-0.3, -0.25) is 9.59 Å². The van der Waals surface area contributed by atoms with E-state index < -0.39 is 6.04 Å². The minimum atomic E-state index is -0.527. The Morgan fingerprint density at radius 1 is 1.27 bits per heavy atom. The molecule has 6 nitrogen and oxygen atoms in total. The van der Waals surface area contributed by atoms with Gasteiger partial charge in [0.25, 0.3) is 0 Å². The fourth-order valence-corrected chi connectivity index (χ4v) is 2.72. The highest BCUT2D eigenvalue weighted by Crippen LogP contribution is 2.23. The first-order chi connectivity index (χ1) is 11.2. The van der Waals surface area contributed by atoms with Crippen LogP contribution in [0.15, 0.2) is 18.3 Å². The molecule has 1 aromatic rings. The lowest BCUT2D eigenvalue weighted by molar-refractivity contribution is -0.137. The van der Waals surface area contributed by atoms with Gasteiger partial charge in [0.1, 0.15) is 5.82 Å². The van der Waals surface area contributed by atoms with Crippen molar-refractivity contribution in [1.82, 2.24) is 9.88 Å². The molecule has 26 heavy (non-hydrogen) atoms. The van der Waals surface area contributed by atoms with Gasteiger partial charge in [0, 0.05) is 25.2 Å². The fourth-order valence-electron chi connectivity index (χ4n) is 2.61. The molecule has 0 aliphatic carbocycles. The molecule has 1 aromatic heterocycles. The second kappa shape index (κ2) is 10.3. The van der Waals surface area contributed by atoms with Gasteiger partial charge in [0.05, 0.1) is 11.1 Å². The van der Waals surface area contributed by atoms with Crippen molar-refractivity contribution in [3.8, 4) is 0 Å². The number of hydrogen-bond donors (Lipinski definition) is 2. The first-order valence-corrected chi connectivity index (χ1v) is 8.53. The lowest BCUT2D eigenvalue weighted by atomic mass is 9.86. The first-order valence-electron chi connectivity index (χ1n) is 8.15. The fraction of sp³-hybridized carbons (Fsp3) is 0.588. The molecule has 0 radical (unpaired) electrons. The molecular formula is C17H27Cl3N4O2. The van der Waals surface area contributed by atoms with Crippen LogP contribution in [0.25, 0.3) is 0 Å². The number of anilines is 1. The van der Waals surface area contributed by atoms with Crippen LogP contribution in [-0.2, 0) is 9.59 Å². The first kappa shape index (κ1) is 24.9. The molecule has 0 unspecified atom stereocenters. The van der Waals surface area contributed by atoms with Crippen LogP contribution in [0.5, 0.6) is 0 Å². The van der Waals surface area contributed by atoms with Gasteiger partial charge in [0.15, 0.2) is 0 Å². The van der Waals surface area contributed by atoms with Gasteiger partial charge in [-0.2, -0.15) is 0 Å². The van der Waals surface area contributed by atoms with Crippen LogP contribution >= 0.6 is 36.4 Å². The highest BCUT2D eigenvalue weighted by atomic mass is 35.5. The molecule has 0 saturated carbocycles. The maximum Gasteiger partial charge on any atom is 0.240 e. The summed E-state index contributed by atoms with van der Waals surface area (Å²) in [6, 6.07) is 2.82. The molecule has 3 N–H and O–H groups in total. The van der Waals surface area contributed by atoms with E-state index >= 15 is 0 Å². The Kier molecular flexibility index (Phi) is 9.88. The summed E-state index contributed by atoms with van der Waals surface area (Å²) in [5, 5.41) is 3.32. The molecule has 0 spiro atoms. The number of rotatable bonds is 3. The van der Waals surface area contributed by atoms with Crippen molar-refractivity contribution in [3.63, 3.8) is 0 Å². The summed E-state index contributed by atoms with van der Waals surface area (Å²) < 4.78 is 0. The lowest BCUT2D eigenvalue weighted by Gasteiger charge is -2.36. The number of aromatic nitrogens is 1. The number of carbonyl (C=O) groups excluding carboxylic acids is 2. The number of piperidine rings is 1. The second-order valence-corrected chi connectivity index (χ2v) is 7.73. The molecule has 0 aromatic carbocycles. The van der Waals surface area contributed by atoms with Crippen molar-refractivity contribution in [2.75, 3.05) is 18.4 Å². The zero-order valence-electron chi connectivity index (χ0n) is 15.2. The minimum absolute atomic E-state index is 0. The molecule has 148 valence electrons. The molecule has 0 bridgehead atoms. The maximum atomic E-state index is 12.4. The van der Waals surface area contributed by atoms with Crippen molar-refractivity contribution in [2.45, 2.75) is 39.7 Å². The van der Waals surface area contributed by atoms with Crippen LogP contribution < -0.4 is 11.1 Å². The third kappa shape index (κ3) is 6.58. The van der Waals surface area contributed by atoms with E-state index in [0.717, 1.165) is 0 Å². The molecule has 1 atom stereocenters. The predicted octanol–water partition coefficient (Wildman–Crippen LogP) is 3.13. The van der Waals surface area contributed by atoms with Gasteiger partial charge in [-0.1, -0.05) is 32.4 Å².